The molecule has 3 unspecified atom stereocenters. The number of hydrogen-bond acceptors (Lipinski definition) is 3. The van der Waals surface area contributed by atoms with E-state index in [-0.39, 0.29) is 18.1 Å². The summed E-state index contributed by atoms with van der Waals surface area (Å²) in [5.41, 5.74) is 35.4. The molecule has 4 aromatic carbocycles. The molecule has 0 aromatic heterocycles. The second-order valence-corrected chi connectivity index (χ2v) is 9.31. The molecule has 0 fully saturated rings. The van der Waals surface area contributed by atoms with Crippen LogP contribution in [-0.2, 0) is 0 Å². The predicted molar refractivity (Wildman–Crippen MR) is 155 cm³/mol. The largest absolute Gasteiger partial charge is 0.0862 e. The van der Waals surface area contributed by atoms with Crippen LogP contribution in [-0.4, -0.2) is 0 Å². The minimum atomic E-state index is -0.247. The lowest BCUT2D eigenvalue weighted by Crippen LogP contribution is -1.91. The standard InChI is InChI=1S/C30H27N9/c1-19(34-37-31)22-4-10-25(11-5-22)28-16-29(26-12-6-23(7-13-26)20(2)35-38-32)18-30(17-28)27-14-8-24(9-15-27)21(3)36-39-33/h4-21H,1-3H3. The van der Waals surface area contributed by atoms with E-state index in [2.05, 4.69) is 48.3 Å². The van der Waals surface area contributed by atoms with E-state index in [4.69, 9.17) is 16.6 Å². The van der Waals surface area contributed by atoms with E-state index in [1.165, 1.54) is 0 Å². The van der Waals surface area contributed by atoms with Crippen LogP contribution in [0.2, 0.25) is 0 Å². The zero-order chi connectivity index (χ0) is 27.8. The molecular formula is C30H27N9. The summed E-state index contributed by atoms with van der Waals surface area (Å²) >= 11 is 0. The van der Waals surface area contributed by atoms with Crippen LogP contribution < -0.4 is 0 Å². The van der Waals surface area contributed by atoms with Gasteiger partial charge in [0.05, 0.1) is 18.1 Å². The maximum Gasteiger partial charge on any atom is 0.0597 e. The Morgan fingerprint density at radius 1 is 0.410 bits per heavy atom. The Hall–Kier alpha value is -5.19. The van der Waals surface area contributed by atoms with E-state index in [9.17, 15) is 0 Å². The van der Waals surface area contributed by atoms with Crippen LogP contribution in [0.5, 0.6) is 0 Å². The van der Waals surface area contributed by atoms with Crippen molar-refractivity contribution in [3.8, 4) is 33.4 Å². The summed E-state index contributed by atoms with van der Waals surface area (Å²) in [6, 6.07) is 29.9. The lowest BCUT2D eigenvalue weighted by Gasteiger charge is -2.14. The molecule has 9 nitrogen and oxygen atoms in total. The Morgan fingerprint density at radius 3 is 0.846 bits per heavy atom. The fourth-order valence-corrected chi connectivity index (χ4v) is 4.42. The smallest absolute Gasteiger partial charge is 0.0597 e. The van der Waals surface area contributed by atoms with Gasteiger partial charge in [-0.2, -0.15) is 0 Å². The summed E-state index contributed by atoms with van der Waals surface area (Å²) in [4.78, 5) is 8.75. The molecule has 0 heterocycles. The molecule has 0 radical (unpaired) electrons. The molecule has 0 amide bonds. The SMILES string of the molecule is CC(N=[N+]=[N-])c1ccc(-c2cc(-c3ccc(C(C)N=[N+]=[N-])cc3)cc(-c3ccc(C(C)N=[N+]=[N-])cc3)c2)cc1. The van der Waals surface area contributed by atoms with Crippen LogP contribution >= 0.6 is 0 Å². The van der Waals surface area contributed by atoms with Gasteiger partial charge < -0.3 is 0 Å². The van der Waals surface area contributed by atoms with Crippen LogP contribution in [0.15, 0.2) is 106 Å². The van der Waals surface area contributed by atoms with E-state index in [1.807, 2.05) is 93.6 Å². The maximum atomic E-state index is 8.77. The Kier molecular flexibility index (Phi) is 8.52. The molecule has 4 aromatic rings. The van der Waals surface area contributed by atoms with Crippen molar-refractivity contribution in [2.24, 2.45) is 15.3 Å². The lowest BCUT2D eigenvalue weighted by molar-refractivity contribution is 0.808. The first-order valence-corrected chi connectivity index (χ1v) is 12.5. The molecule has 9 heteroatoms. The van der Waals surface area contributed by atoms with Crippen LogP contribution in [0.3, 0.4) is 0 Å². The summed E-state index contributed by atoms with van der Waals surface area (Å²) in [6.45, 7) is 5.60. The molecule has 0 N–H and O–H groups in total. The van der Waals surface area contributed by atoms with Gasteiger partial charge in [-0.3, -0.25) is 0 Å². The molecule has 4 rings (SSSR count). The summed E-state index contributed by atoms with van der Waals surface area (Å²) in [5.74, 6) is 0. The fourth-order valence-electron chi connectivity index (χ4n) is 4.42. The lowest BCUT2D eigenvalue weighted by atomic mass is 9.91. The molecule has 3 atom stereocenters. The first-order chi connectivity index (χ1) is 18.9. The van der Waals surface area contributed by atoms with Gasteiger partial charge in [-0.05, 0) is 84.9 Å². The Morgan fingerprint density at radius 2 is 0.641 bits per heavy atom. The average Bonchev–Trinajstić information content (AvgIpc) is 2.97. The van der Waals surface area contributed by atoms with E-state index in [0.717, 1.165) is 50.1 Å². The molecule has 0 aliphatic carbocycles. The molecule has 0 aliphatic heterocycles. The third-order valence-electron chi connectivity index (χ3n) is 6.79. The highest BCUT2D eigenvalue weighted by atomic mass is 15.2. The van der Waals surface area contributed by atoms with Gasteiger partial charge in [-0.15, -0.1) is 0 Å². The number of azide groups is 3. The Bertz CT molecular complexity index is 1380. The second kappa shape index (κ2) is 12.4. The van der Waals surface area contributed by atoms with Crippen LogP contribution in [0.25, 0.3) is 64.7 Å². The first kappa shape index (κ1) is 26.9. The number of benzene rings is 4. The zero-order valence-electron chi connectivity index (χ0n) is 21.9. The van der Waals surface area contributed by atoms with Gasteiger partial charge >= 0.3 is 0 Å². The normalized spacial score (nSPS) is 12.7. The summed E-state index contributed by atoms with van der Waals surface area (Å²) in [6.07, 6.45) is 0. The molecule has 192 valence electrons. The molecule has 0 saturated heterocycles. The molecule has 0 bridgehead atoms. The minimum absolute atomic E-state index is 0.247. The maximum absolute atomic E-state index is 8.77. The zero-order valence-corrected chi connectivity index (χ0v) is 21.9. The van der Waals surface area contributed by atoms with E-state index in [1.54, 1.807) is 0 Å². The van der Waals surface area contributed by atoms with Crippen molar-refractivity contribution in [2.75, 3.05) is 0 Å². The van der Waals surface area contributed by atoms with E-state index >= 15 is 0 Å². The van der Waals surface area contributed by atoms with Crippen LogP contribution in [0, 0.1) is 0 Å². The molecule has 0 aliphatic rings. The van der Waals surface area contributed by atoms with Crippen molar-refractivity contribution >= 4 is 0 Å². The third-order valence-corrected chi connectivity index (χ3v) is 6.79. The molecular weight excluding hydrogens is 486 g/mol. The summed E-state index contributed by atoms with van der Waals surface area (Å²) in [7, 11) is 0. The summed E-state index contributed by atoms with van der Waals surface area (Å²) < 4.78 is 0. The molecule has 39 heavy (non-hydrogen) atoms. The fraction of sp³-hybridized carbons (Fsp3) is 0.200. The van der Waals surface area contributed by atoms with Crippen LogP contribution in [0.1, 0.15) is 55.6 Å². The molecule has 0 spiro atoms. The van der Waals surface area contributed by atoms with Gasteiger partial charge in [0.1, 0.15) is 0 Å². The van der Waals surface area contributed by atoms with Crippen molar-refractivity contribution in [3.63, 3.8) is 0 Å². The van der Waals surface area contributed by atoms with Gasteiger partial charge in [-0.1, -0.05) is 109 Å². The van der Waals surface area contributed by atoms with Crippen LogP contribution in [0.4, 0.5) is 0 Å². The summed E-state index contributed by atoms with van der Waals surface area (Å²) in [5, 5.41) is 11.4. The Balaban J connectivity index is 1.79. The Labute approximate surface area is 226 Å². The topological polar surface area (TPSA) is 146 Å². The van der Waals surface area contributed by atoms with Crippen molar-refractivity contribution in [3.05, 3.63) is 139 Å². The quantitative estimate of drug-likeness (QED) is 0.119. The van der Waals surface area contributed by atoms with E-state index in [0.29, 0.717) is 0 Å². The average molecular weight is 514 g/mol. The van der Waals surface area contributed by atoms with E-state index < -0.39 is 0 Å². The highest BCUT2D eigenvalue weighted by molar-refractivity contribution is 5.81. The van der Waals surface area contributed by atoms with Crippen molar-refractivity contribution in [1.29, 1.82) is 0 Å². The molecule has 0 saturated carbocycles. The van der Waals surface area contributed by atoms with Crippen molar-refractivity contribution in [2.45, 2.75) is 38.9 Å². The monoisotopic (exact) mass is 513 g/mol. The minimum Gasteiger partial charge on any atom is -0.0862 e. The van der Waals surface area contributed by atoms with Gasteiger partial charge in [0, 0.05) is 14.7 Å². The number of rotatable bonds is 9. The van der Waals surface area contributed by atoms with Gasteiger partial charge in [0.25, 0.3) is 0 Å². The van der Waals surface area contributed by atoms with Gasteiger partial charge in [-0.25, -0.2) is 0 Å². The van der Waals surface area contributed by atoms with Crippen molar-refractivity contribution in [1.82, 2.24) is 0 Å². The second-order valence-electron chi connectivity index (χ2n) is 9.31. The first-order valence-electron chi connectivity index (χ1n) is 12.5. The third kappa shape index (κ3) is 6.39. The van der Waals surface area contributed by atoms with Gasteiger partial charge in [0.15, 0.2) is 0 Å². The number of hydrogen-bond donors (Lipinski definition) is 0. The highest BCUT2D eigenvalue weighted by Gasteiger charge is 2.11. The predicted octanol–water partition coefficient (Wildman–Crippen LogP) is 10.8. The highest BCUT2D eigenvalue weighted by Crippen LogP contribution is 2.35. The number of nitrogens with zero attached hydrogens (tertiary/aromatic N) is 9. The van der Waals surface area contributed by atoms with Crippen molar-refractivity contribution < 1.29 is 0 Å². The van der Waals surface area contributed by atoms with Gasteiger partial charge in [0.2, 0.25) is 0 Å².